The molecule has 0 bridgehead atoms. The number of para-hydroxylation sites is 1. The highest BCUT2D eigenvalue weighted by atomic mass is 16.4. The van der Waals surface area contributed by atoms with E-state index in [1.807, 2.05) is 24.3 Å². The van der Waals surface area contributed by atoms with Crippen LogP contribution in [0.2, 0.25) is 0 Å². The van der Waals surface area contributed by atoms with Crippen LogP contribution in [0, 0.1) is 0 Å². The summed E-state index contributed by atoms with van der Waals surface area (Å²) in [5, 5.41) is 11.9. The first kappa shape index (κ1) is 14.8. The number of rotatable bonds is 5. The number of aliphatic carboxylic acids is 1. The largest absolute Gasteiger partial charge is 0.480 e. The van der Waals surface area contributed by atoms with Crippen molar-refractivity contribution in [1.82, 2.24) is 9.88 Å². The van der Waals surface area contributed by atoms with Crippen LogP contribution in [0.15, 0.2) is 30.5 Å². The van der Waals surface area contributed by atoms with Gasteiger partial charge in [0.1, 0.15) is 12.6 Å². The number of fused-ring (bicyclic) bond motifs is 1. The minimum Gasteiger partial charge on any atom is -0.480 e. The number of ketones is 1. The lowest BCUT2D eigenvalue weighted by molar-refractivity contribution is -0.141. The molecule has 0 radical (unpaired) electrons. The molecule has 2 aromatic rings. The first-order valence-corrected chi connectivity index (χ1v) is 6.51. The summed E-state index contributed by atoms with van der Waals surface area (Å²) < 4.78 is 1.65. The zero-order valence-corrected chi connectivity index (χ0v) is 11.8. The molecule has 2 N–H and O–H groups in total. The van der Waals surface area contributed by atoms with Gasteiger partial charge >= 0.3 is 5.97 Å². The van der Waals surface area contributed by atoms with Crippen LogP contribution in [0.5, 0.6) is 0 Å². The van der Waals surface area contributed by atoms with Gasteiger partial charge in [-0.2, -0.15) is 0 Å². The van der Waals surface area contributed by atoms with Gasteiger partial charge in [0.2, 0.25) is 5.91 Å². The number of carbonyl (C=O) groups is 3. The first-order chi connectivity index (χ1) is 9.90. The average Bonchev–Trinajstić information content (AvgIpc) is 2.78. The Kier molecular flexibility index (Phi) is 4.07. The summed E-state index contributed by atoms with van der Waals surface area (Å²) in [4.78, 5) is 34.2. The Hall–Kier alpha value is -2.63. The van der Waals surface area contributed by atoms with Gasteiger partial charge in [-0.1, -0.05) is 18.2 Å². The lowest BCUT2D eigenvalue weighted by Gasteiger charge is -2.10. The summed E-state index contributed by atoms with van der Waals surface area (Å²) in [6.07, 6.45) is 1.62. The predicted molar refractivity (Wildman–Crippen MR) is 77.2 cm³/mol. The van der Waals surface area contributed by atoms with Gasteiger partial charge in [0.25, 0.3) is 0 Å². The van der Waals surface area contributed by atoms with Crippen molar-refractivity contribution in [3.05, 3.63) is 36.0 Å². The molecule has 0 saturated heterocycles. The molecular weight excluding hydrogens is 272 g/mol. The Balaban J connectivity index is 2.28. The Labute approximate surface area is 121 Å². The van der Waals surface area contributed by atoms with E-state index in [0.29, 0.717) is 5.56 Å². The maximum Gasteiger partial charge on any atom is 0.325 e. The first-order valence-electron chi connectivity index (χ1n) is 6.51. The van der Waals surface area contributed by atoms with Gasteiger partial charge in [0.15, 0.2) is 5.78 Å². The highest BCUT2D eigenvalue weighted by Gasteiger charge is 2.16. The van der Waals surface area contributed by atoms with Crippen molar-refractivity contribution in [3.63, 3.8) is 0 Å². The van der Waals surface area contributed by atoms with E-state index in [4.69, 9.17) is 5.11 Å². The molecule has 1 aromatic carbocycles. The van der Waals surface area contributed by atoms with Crippen molar-refractivity contribution in [2.24, 2.45) is 0 Å². The summed E-state index contributed by atoms with van der Waals surface area (Å²) in [5.41, 5.74) is 1.31. The smallest absolute Gasteiger partial charge is 0.325 e. The Morgan fingerprint density at radius 3 is 2.57 bits per heavy atom. The molecule has 0 unspecified atom stereocenters. The molecule has 0 aliphatic heterocycles. The van der Waals surface area contributed by atoms with Crippen molar-refractivity contribution < 1.29 is 19.5 Å². The standard InChI is InChI=1S/C15H16N2O4/c1-9(15(20)21)16-14(19)8-17-7-12(10(2)18)11-5-3-4-6-13(11)17/h3-7,9H,8H2,1-2H3,(H,16,19)(H,20,21)/t9-/m0/s1. The van der Waals surface area contributed by atoms with Crippen LogP contribution >= 0.6 is 0 Å². The van der Waals surface area contributed by atoms with Gasteiger partial charge in [-0.15, -0.1) is 0 Å². The second kappa shape index (κ2) is 5.78. The van der Waals surface area contributed by atoms with Crippen molar-refractivity contribution in [1.29, 1.82) is 0 Å². The van der Waals surface area contributed by atoms with E-state index in [1.165, 1.54) is 13.8 Å². The summed E-state index contributed by atoms with van der Waals surface area (Å²) in [6.45, 7) is 2.83. The average molecular weight is 288 g/mol. The number of aromatic nitrogens is 1. The van der Waals surface area contributed by atoms with E-state index in [2.05, 4.69) is 5.32 Å². The number of benzene rings is 1. The van der Waals surface area contributed by atoms with Gasteiger partial charge < -0.3 is 15.0 Å². The van der Waals surface area contributed by atoms with Crippen LogP contribution in [-0.4, -0.2) is 33.4 Å². The highest BCUT2D eigenvalue weighted by Crippen LogP contribution is 2.21. The minimum absolute atomic E-state index is 0.0363. The lowest BCUT2D eigenvalue weighted by atomic mass is 10.1. The van der Waals surface area contributed by atoms with E-state index in [0.717, 1.165) is 10.9 Å². The Morgan fingerprint density at radius 1 is 1.29 bits per heavy atom. The quantitative estimate of drug-likeness (QED) is 0.815. The number of nitrogens with one attached hydrogen (secondary N) is 1. The van der Waals surface area contributed by atoms with Crippen molar-refractivity contribution in [3.8, 4) is 0 Å². The Bertz CT molecular complexity index is 718. The SMILES string of the molecule is CC(=O)c1cn(CC(=O)N[C@@H](C)C(=O)O)c2ccccc12. The van der Waals surface area contributed by atoms with Gasteiger partial charge in [-0.3, -0.25) is 14.4 Å². The highest BCUT2D eigenvalue weighted by molar-refractivity contribution is 6.07. The molecule has 1 atom stereocenters. The second-order valence-electron chi connectivity index (χ2n) is 4.87. The van der Waals surface area contributed by atoms with E-state index in [1.54, 1.807) is 10.8 Å². The van der Waals surface area contributed by atoms with Crippen LogP contribution in [0.3, 0.4) is 0 Å². The molecule has 0 saturated carbocycles. The number of Topliss-reactive ketones (excluding diaryl/α,β-unsaturated/α-hetero) is 1. The molecule has 1 aromatic heterocycles. The van der Waals surface area contributed by atoms with E-state index in [-0.39, 0.29) is 12.3 Å². The Morgan fingerprint density at radius 2 is 1.95 bits per heavy atom. The molecular formula is C15H16N2O4. The third kappa shape index (κ3) is 3.10. The van der Waals surface area contributed by atoms with Gasteiger partial charge in [-0.25, -0.2) is 0 Å². The molecule has 0 aliphatic carbocycles. The number of hydrogen-bond acceptors (Lipinski definition) is 3. The maximum absolute atomic E-state index is 11.9. The molecule has 6 nitrogen and oxygen atoms in total. The number of carboxylic acid groups (broad SMARTS) is 1. The third-order valence-corrected chi connectivity index (χ3v) is 3.23. The zero-order chi connectivity index (χ0) is 15.6. The fourth-order valence-electron chi connectivity index (χ4n) is 2.16. The van der Waals surface area contributed by atoms with Crippen LogP contribution < -0.4 is 5.32 Å². The number of carbonyl (C=O) groups excluding carboxylic acids is 2. The van der Waals surface area contributed by atoms with Crippen LogP contribution in [0.4, 0.5) is 0 Å². The van der Waals surface area contributed by atoms with Crippen LogP contribution in [0.25, 0.3) is 10.9 Å². The van der Waals surface area contributed by atoms with E-state index >= 15 is 0 Å². The van der Waals surface area contributed by atoms with Crippen molar-refractivity contribution in [2.45, 2.75) is 26.4 Å². The fourth-order valence-corrected chi connectivity index (χ4v) is 2.16. The molecule has 110 valence electrons. The number of nitrogens with zero attached hydrogens (tertiary/aromatic N) is 1. The predicted octanol–water partition coefficient (Wildman–Crippen LogP) is 1.43. The molecule has 0 fully saturated rings. The summed E-state index contributed by atoms with van der Waals surface area (Å²) in [5.74, 6) is -1.59. The monoisotopic (exact) mass is 288 g/mol. The third-order valence-electron chi connectivity index (χ3n) is 3.23. The zero-order valence-electron chi connectivity index (χ0n) is 11.8. The van der Waals surface area contributed by atoms with Crippen molar-refractivity contribution >= 4 is 28.6 Å². The summed E-state index contributed by atoms with van der Waals surface area (Å²) >= 11 is 0. The number of hydrogen-bond donors (Lipinski definition) is 2. The molecule has 2 rings (SSSR count). The topological polar surface area (TPSA) is 88.4 Å². The minimum atomic E-state index is -1.09. The molecule has 1 heterocycles. The number of amides is 1. The lowest BCUT2D eigenvalue weighted by Crippen LogP contribution is -2.40. The maximum atomic E-state index is 11.9. The summed E-state index contributed by atoms with van der Waals surface area (Å²) in [6, 6.07) is 6.33. The molecule has 21 heavy (non-hydrogen) atoms. The van der Waals surface area contributed by atoms with Crippen LogP contribution in [0.1, 0.15) is 24.2 Å². The van der Waals surface area contributed by atoms with Crippen molar-refractivity contribution in [2.75, 3.05) is 0 Å². The van der Waals surface area contributed by atoms with Gasteiger partial charge in [-0.05, 0) is 19.9 Å². The fraction of sp³-hybridized carbons (Fsp3) is 0.267. The van der Waals surface area contributed by atoms with Gasteiger partial charge in [0.05, 0.1) is 0 Å². The second-order valence-corrected chi connectivity index (χ2v) is 4.87. The molecule has 0 aliphatic rings. The molecule has 6 heteroatoms. The van der Waals surface area contributed by atoms with Crippen LogP contribution in [-0.2, 0) is 16.1 Å². The number of carboxylic acids is 1. The molecule has 0 spiro atoms. The van der Waals surface area contributed by atoms with E-state index < -0.39 is 17.9 Å². The normalized spacial score (nSPS) is 12.1. The van der Waals surface area contributed by atoms with E-state index in [9.17, 15) is 14.4 Å². The van der Waals surface area contributed by atoms with Gasteiger partial charge in [0, 0.05) is 22.7 Å². The molecule has 1 amide bonds. The summed E-state index contributed by atoms with van der Waals surface area (Å²) in [7, 11) is 0.